The fraction of sp³-hybridized carbons (Fsp3) is 0.714. The van der Waals surface area contributed by atoms with Crippen LogP contribution in [0.3, 0.4) is 0 Å². The van der Waals surface area contributed by atoms with Gasteiger partial charge in [0.15, 0.2) is 0 Å². The molecule has 1 aliphatic rings. The van der Waals surface area contributed by atoms with Gasteiger partial charge < -0.3 is 10.2 Å². The SMILES string of the molecule is Cc1cc(C(C)(C)C)nc(N2CCCNCC2)n1. The van der Waals surface area contributed by atoms with Crippen molar-refractivity contribution in [1.82, 2.24) is 15.3 Å². The zero-order chi connectivity index (χ0) is 13.2. The van der Waals surface area contributed by atoms with Crippen molar-refractivity contribution >= 4 is 5.95 Å². The minimum Gasteiger partial charge on any atom is -0.339 e. The summed E-state index contributed by atoms with van der Waals surface area (Å²) in [6.45, 7) is 12.8. The minimum atomic E-state index is 0.0759. The second-order valence-electron chi connectivity index (χ2n) is 6.04. The van der Waals surface area contributed by atoms with E-state index < -0.39 is 0 Å². The molecule has 1 aliphatic heterocycles. The molecule has 1 aromatic rings. The van der Waals surface area contributed by atoms with Crippen LogP contribution in [0.2, 0.25) is 0 Å². The van der Waals surface area contributed by atoms with Gasteiger partial charge in [0.05, 0.1) is 5.69 Å². The minimum absolute atomic E-state index is 0.0759. The molecule has 18 heavy (non-hydrogen) atoms. The molecular weight excluding hydrogens is 224 g/mol. The fourth-order valence-corrected chi connectivity index (χ4v) is 2.12. The summed E-state index contributed by atoms with van der Waals surface area (Å²) in [7, 11) is 0. The number of aryl methyl sites for hydroxylation is 1. The molecule has 0 aromatic carbocycles. The maximum atomic E-state index is 4.76. The standard InChI is InChI=1S/C14H24N4/c1-11-10-12(14(2,3)4)17-13(16-11)18-8-5-6-15-7-9-18/h10,15H,5-9H2,1-4H3. The third kappa shape index (κ3) is 3.19. The predicted octanol–water partition coefficient (Wildman–Crippen LogP) is 1.88. The zero-order valence-electron chi connectivity index (χ0n) is 12.0. The summed E-state index contributed by atoms with van der Waals surface area (Å²) >= 11 is 0. The Kier molecular flexibility index (Phi) is 3.85. The molecule has 0 bridgehead atoms. The van der Waals surface area contributed by atoms with Crippen molar-refractivity contribution in [3.05, 3.63) is 17.5 Å². The molecule has 4 heteroatoms. The van der Waals surface area contributed by atoms with Crippen molar-refractivity contribution < 1.29 is 0 Å². The van der Waals surface area contributed by atoms with Gasteiger partial charge in [-0.05, 0) is 26.0 Å². The second-order valence-corrected chi connectivity index (χ2v) is 6.04. The predicted molar refractivity (Wildman–Crippen MR) is 75.2 cm³/mol. The number of anilines is 1. The van der Waals surface area contributed by atoms with Gasteiger partial charge in [0.2, 0.25) is 5.95 Å². The molecule has 0 radical (unpaired) electrons. The number of nitrogens with zero attached hydrogens (tertiary/aromatic N) is 3. The van der Waals surface area contributed by atoms with Gasteiger partial charge in [-0.1, -0.05) is 20.8 Å². The lowest BCUT2D eigenvalue weighted by molar-refractivity contribution is 0.564. The molecule has 4 nitrogen and oxygen atoms in total. The Bertz CT molecular complexity index is 401. The highest BCUT2D eigenvalue weighted by molar-refractivity contribution is 5.34. The van der Waals surface area contributed by atoms with Gasteiger partial charge in [-0.3, -0.25) is 0 Å². The molecule has 0 saturated carbocycles. The average Bonchev–Trinajstić information content (AvgIpc) is 2.55. The maximum absolute atomic E-state index is 4.76. The summed E-state index contributed by atoms with van der Waals surface area (Å²) in [4.78, 5) is 11.7. The monoisotopic (exact) mass is 248 g/mol. The number of rotatable bonds is 1. The van der Waals surface area contributed by atoms with Gasteiger partial charge in [-0.15, -0.1) is 0 Å². The number of aromatic nitrogens is 2. The quantitative estimate of drug-likeness (QED) is 0.824. The summed E-state index contributed by atoms with van der Waals surface area (Å²) in [5, 5.41) is 3.41. The largest absolute Gasteiger partial charge is 0.339 e. The smallest absolute Gasteiger partial charge is 0.225 e. The topological polar surface area (TPSA) is 41.1 Å². The molecule has 0 aliphatic carbocycles. The van der Waals surface area contributed by atoms with E-state index in [1.54, 1.807) is 0 Å². The van der Waals surface area contributed by atoms with Gasteiger partial charge in [-0.25, -0.2) is 9.97 Å². The Balaban J connectivity index is 2.29. The molecule has 1 N–H and O–H groups in total. The Morgan fingerprint density at radius 1 is 1.17 bits per heavy atom. The van der Waals surface area contributed by atoms with Crippen LogP contribution in [0.15, 0.2) is 6.07 Å². The van der Waals surface area contributed by atoms with Crippen molar-refractivity contribution in [2.75, 3.05) is 31.1 Å². The Labute approximate surface area is 110 Å². The number of hydrogen-bond donors (Lipinski definition) is 1. The van der Waals surface area contributed by atoms with E-state index in [2.05, 4.69) is 49.0 Å². The molecule has 0 unspecified atom stereocenters. The summed E-state index contributed by atoms with van der Waals surface area (Å²) in [6.07, 6.45) is 1.15. The van der Waals surface area contributed by atoms with Gasteiger partial charge in [-0.2, -0.15) is 0 Å². The van der Waals surface area contributed by atoms with Crippen molar-refractivity contribution in [1.29, 1.82) is 0 Å². The van der Waals surface area contributed by atoms with Crippen LogP contribution in [0.4, 0.5) is 5.95 Å². The molecule has 0 atom stereocenters. The molecule has 1 aromatic heterocycles. The Hall–Kier alpha value is -1.16. The molecule has 1 fully saturated rings. The van der Waals surface area contributed by atoms with E-state index in [1.165, 1.54) is 0 Å². The first kappa shape index (κ1) is 13.3. The molecule has 1 saturated heterocycles. The van der Waals surface area contributed by atoms with Gasteiger partial charge in [0.1, 0.15) is 0 Å². The summed E-state index contributed by atoms with van der Waals surface area (Å²) in [5.41, 5.74) is 2.26. The van der Waals surface area contributed by atoms with Crippen LogP contribution in [0, 0.1) is 6.92 Å². The van der Waals surface area contributed by atoms with E-state index in [0.29, 0.717) is 0 Å². The van der Waals surface area contributed by atoms with Crippen molar-refractivity contribution in [2.24, 2.45) is 0 Å². The summed E-state index contributed by atoms with van der Waals surface area (Å²) in [6, 6.07) is 2.10. The third-order valence-corrected chi connectivity index (χ3v) is 3.23. The Morgan fingerprint density at radius 2 is 1.94 bits per heavy atom. The van der Waals surface area contributed by atoms with E-state index in [9.17, 15) is 0 Å². The highest BCUT2D eigenvalue weighted by atomic mass is 15.3. The number of hydrogen-bond acceptors (Lipinski definition) is 4. The second kappa shape index (κ2) is 5.22. The van der Waals surface area contributed by atoms with Crippen LogP contribution in [-0.4, -0.2) is 36.1 Å². The van der Waals surface area contributed by atoms with E-state index in [4.69, 9.17) is 4.98 Å². The van der Waals surface area contributed by atoms with E-state index in [-0.39, 0.29) is 5.41 Å². The van der Waals surface area contributed by atoms with Crippen LogP contribution in [-0.2, 0) is 5.41 Å². The molecule has 2 heterocycles. The van der Waals surface area contributed by atoms with Crippen molar-refractivity contribution in [2.45, 2.75) is 39.5 Å². The number of nitrogens with one attached hydrogen (secondary N) is 1. The summed E-state index contributed by atoms with van der Waals surface area (Å²) in [5.74, 6) is 0.892. The lowest BCUT2D eigenvalue weighted by atomic mass is 9.91. The van der Waals surface area contributed by atoms with Crippen molar-refractivity contribution in [3.63, 3.8) is 0 Å². The first-order valence-corrected chi connectivity index (χ1v) is 6.78. The van der Waals surface area contributed by atoms with Gasteiger partial charge >= 0.3 is 0 Å². The normalized spacial score (nSPS) is 17.7. The zero-order valence-corrected chi connectivity index (χ0v) is 12.0. The van der Waals surface area contributed by atoms with Gasteiger partial charge in [0, 0.05) is 30.7 Å². The van der Waals surface area contributed by atoms with E-state index in [0.717, 1.165) is 49.9 Å². The van der Waals surface area contributed by atoms with Crippen LogP contribution in [0.5, 0.6) is 0 Å². The van der Waals surface area contributed by atoms with Crippen LogP contribution in [0.25, 0.3) is 0 Å². The maximum Gasteiger partial charge on any atom is 0.225 e. The summed E-state index contributed by atoms with van der Waals surface area (Å²) < 4.78 is 0. The van der Waals surface area contributed by atoms with E-state index >= 15 is 0 Å². The highest BCUT2D eigenvalue weighted by Gasteiger charge is 2.19. The fourth-order valence-electron chi connectivity index (χ4n) is 2.12. The average molecular weight is 248 g/mol. The Morgan fingerprint density at radius 3 is 2.67 bits per heavy atom. The molecular formula is C14H24N4. The molecule has 0 amide bonds. The van der Waals surface area contributed by atoms with Crippen LogP contribution >= 0.6 is 0 Å². The first-order chi connectivity index (χ1) is 8.47. The van der Waals surface area contributed by atoms with Crippen LogP contribution < -0.4 is 10.2 Å². The molecule has 2 rings (SSSR count). The van der Waals surface area contributed by atoms with Gasteiger partial charge in [0.25, 0.3) is 0 Å². The highest BCUT2D eigenvalue weighted by Crippen LogP contribution is 2.22. The lowest BCUT2D eigenvalue weighted by Gasteiger charge is -2.24. The molecule has 100 valence electrons. The molecule has 0 spiro atoms. The third-order valence-electron chi connectivity index (χ3n) is 3.23. The van der Waals surface area contributed by atoms with Crippen LogP contribution in [0.1, 0.15) is 38.6 Å². The van der Waals surface area contributed by atoms with Crippen molar-refractivity contribution in [3.8, 4) is 0 Å². The first-order valence-electron chi connectivity index (χ1n) is 6.78. The lowest BCUT2D eigenvalue weighted by Crippen LogP contribution is -2.30. The van der Waals surface area contributed by atoms with E-state index in [1.807, 2.05) is 0 Å².